The lowest BCUT2D eigenvalue weighted by Crippen LogP contribution is -1.90. The van der Waals surface area contributed by atoms with Crippen LogP contribution >= 0.6 is 0 Å². The van der Waals surface area contributed by atoms with Crippen molar-refractivity contribution in [1.82, 2.24) is 0 Å². The molecule has 2 aliphatic rings. The zero-order valence-electron chi connectivity index (χ0n) is 6.50. The number of fused-ring (bicyclic) bond motifs is 3. The van der Waals surface area contributed by atoms with Gasteiger partial charge >= 0.3 is 0 Å². The summed E-state index contributed by atoms with van der Waals surface area (Å²) >= 11 is 0. The summed E-state index contributed by atoms with van der Waals surface area (Å²) in [7, 11) is 0. The van der Waals surface area contributed by atoms with Crippen LogP contribution in [0.5, 0.6) is 0 Å². The predicted octanol–water partition coefficient (Wildman–Crippen LogP) is 1.99. The van der Waals surface area contributed by atoms with Crippen LogP contribution in [0, 0.1) is 6.92 Å². The summed E-state index contributed by atoms with van der Waals surface area (Å²) in [5.74, 6) is 0. The van der Waals surface area contributed by atoms with Gasteiger partial charge in [0.1, 0.15) is 6.10 Å². The number of rotatable bonds is 0. The monoisotopic (exact) mass is 146 g/mol. The number of hydrogen-bond acceptors (Lipinski definition) is 1. The lowest BCUT2D eigenvalue weighted by Gasteiger charge is -2.04. The molecule has 0 N–H and O–H groups in total. The minimum absolute atomic E-state index is 0.464. The van der Waals surface area contributed by atoms with Crippen molar-refractivity contribution in [3.8, 4) is 0 Å². The fraction of sp³-hybridized carbons (Fsp3) is 0.400. The first-order valence-corrected chi connectivity index (χ1v) is 4.10. The Bertz CT molecular complexity index is 317. The summed E-state index contributed by atoms with van der Waals surface area (Å²) in [5.41, 5.74) is 4.37. The molecule has 3 rings (SSSR count). The van der Waals surface area contributed by atoms with E-state index >= 15 is 0 Å². The molecular weight excluding hydrogens is 136 g/mol. The number of hydrogen-bond donors (Lipinski definition) is 0. The molecule has 0 amide bonds. The third-order valence-corrected chi connectivity index (χ3v) is 2.70. The van der Waals surface area contributed by atoms with Crippen LogP contribution in [-0.2, 0) is 11.2 Å². The standard InChI is InChI=1S/C10H10O/c1-6-3-2-4-7-5-8-10(11-8)9(6)7/h2-4,8,10H,5H2,1H3. The van der Waals surface area contributed by atoms with E-state index in [0.717, 1.165) is 6.42 Å². The highest BCUT2D eigenvalue weighted by Crippen LogP contribution is 2.49. The topological polar surface area (TPSA) is 12.5 Å². The summed E-state index contributed by atoms with van der Waals surface area (Å²) in [6, 6.07) is 6.53. The Morgan fingerprint density at radius 1 is 1.45 bits per heavy atom. The minimum Gasteiger partial charge on any atom is -0.364 e. The van der Waals surface area contributed by atoms with Crippen LogP contribution < -0.4 is 0 Å². The normalized spacial score (nSPS) is 31.4. The van der Waals surface area contributed by atoms with Gasteiger partial charge in [0.15, 0.2) is 0 Å². The molecule has 1 aliphatic carbocycles. The van der Waals surface area contributed by atoms with E-state index < -0.39 is 0 Å². The molecule has 0 bridgehead atoms. The predicted molar refractivity (Wildman–Crippen MR) is 42.5 cm³/mol. The van der Waals surface area contributed by atoms with Crippen LogP contribution in [0.15, 0.2) is 18.2 Å². The van der Waals surface area contributed by atoms with Crippen molar-refractivity contribution < 1.29 is 4.74 Å². The van der Waals surface area contributed by atoms with Crippen molar-refractivity contribution >= 4 is 0 Å². The van der Waals surface area contributed by atoms with E-state index in [4.69, 9.17) is 4.74 Å². The smallest absolute Gasteiger partial charge is 0.110 e. The fourth-order valence-corrected chi connectivity index (χ4v) is 2.10. The largest absolute Gasteiger partial charge is 0.364 e. The van der Waals surface area contributed by atoms with E-state index in [1.165, 1.54) is 16.7 Å². The summed E-state index contributed by atoms with van der Waals surface area (Å²) < 4.78 is 5.46. The van der Waals surface area contributed by atoms with Crippen molar-refractivity contribution in [3.05, 3.63) is 34.9 Å². The van der Waals surface area contributed by atoms with Crippen LogP contribution in [0.1, 0.15) is 22.8 Å². The second-order valence-electron chi connectivity index (χ2n) is 3.45. The molecular formula is C10H10O. The molecule has 0 spiro atoms. The lowest BCUT2D eigenvalue weighted by molar-refractivity contribution is 0.360. The molecule has 2 atom stereocenters. The maximum Gasteiger partial charge on any atom is 0.110 e. The number of benzene rings is 1. The van der Waals surface area contributed by atoms with E-state index in [9.17, 15) is 0 Å². The first kappa shape index (κ1) is 5.78. The maximum absolute atomic E-state index is 5.46. The highest BCUT2D eigenvalue weighted by molar-refractivity contribution is 5.44. The Kier molecular flexibility index (Phi) is 0.878. The molecule has 0 radical (unpaired) electrons. The third-order valence-electron chi connectivity index (χ3n) is 2.70. The molecule has 1 heterocycles. The van der Waals surface area contributed by atoms with Crippen LogP contribution in [0.4, 0.5) is 0 Å². The summed E-state index contributed by atoms with van der Waals surface area (Å²) in [6.07, 6.45) is 2.14. The van der Waals surface area contributed by atoms with Gasteiger partial charge in [-0.05, 0) is 23.6 Å². The van der Waals surface area contributed by atoms with Crippen LogP contribution in [0.3, 0.4) is 0 Å². The summed E-state index contributed by atoms with van der Waals surface area (Å²) in [4.78, 5) is 0. The van der Waals surface area contributed by atoms with Crippen molar-refractivity contribution in [2.45, 2.75) is 25.6 Å². The van der Waals surface area contributed by atoms with Gasteiger partial charge in [-0.2, -0.15) is 0 Å². The molecule has 1 aliphatic heterocycles. The van der Waals surface area contributed by atoms with Gasteiger partial charge in [-0.3, -0.25) is 0 Å². The molecule has 1 saturated heterocycles. The van der Waals surface area contributed by atoms with Crippen molar-refractivity contribution in [2.75, 3.05) is 0 Å². The summed E-state index contributed by atoms with van der Waals surface area (Å²) in [5, 5.41) is 0. The fourth-order valence-electron chi connectivity index (χ4n) is 2.10. The van der Waals surface area contributed by atoms with Gasteiger partial charge in [0.25, 0.3) is 0 Å². The van der Waals surface area contributed by atoms with Gasteiger partial charge in [-0.15, -0.1) is 0 Å². The third kappa shape index (κ3) is 0.641. The highest BCUT2D eigenvalue weighted by Gasteiger charge is 2.47. The van der Waals surface area contributed by atoms with E-state index in [-0.39, 0.29) is 0 Å². The SMILES string of the molecule is Cc1cccc2c1C1OC1C2. The molecule has 0 saturated carbocycles. The van der Waals surface area contributed by atoms with Crippen molar-refractivity contribution in [3.63, 3.8) is 0 Å². The van der Waals surface area contributed by atoms with Gasteiger partial charge in [0.2, 0.25) is 0 Å². The Morgan fingerprint density at radius 3 is 3.18 bits per heavy atom. The molecule has 56 valence electrons. The number of ether oxygens (including phenoxy) is 1. The number of epoxide rings is 1. The molecule has 1 nitrogen and oxygen atoms in total. The Labute approximate surface area is 66.0 Å². The van der Waals surface area contributed by atoms with Crippen LogP contribution in [-0.4, -0.2) is 6.10 Å². The zero-order chi connectivity index (χ0) is 7.42. The van der Waals surface area contributed by atoms with Gasteiger partial charge in [-0.25, -0.2) is 0 Å². The zero-order valence-corrected chi connectivity index (χ0v) is 6.50. The quantitative estimate of drug-likeness (QED) is 0.510. The van der Waals surface area contributed by atoms with Crippen LogP contribution in [0.2, 0.25) is 0 Å². The average molecular weight is 146 g/mol. The molecule has 1 aromatic carbocycles. The van der Waals surface area contributed by atoms with Gasteiger partial charge in [0.05, 0.1) is 6.10 Å². The molecule has 2 unspecified atom stereocenters. The maximum atomic E-state index is 5.46. The van der Waals surface area contributed by atoms with E-state index in [0.29, 0.717) is 12.2 Å². The van der Waals surface area contributed by atoms with E-state index in [1.54, 1.807) is 0 Å². The minimum atomic E-state index is 0.464. The van der Waals surface area contributed by atoms with Crippen molar-refractivity contribution in [2.24, 2.45) is 0 Å². The highest BCUT2D eigenvalue weighted by atomic mass is 16.6. The number of aryl methyl sites for hydroxylation is 1. The van der Waals surface area contributed by atoms with Gasteiger partial charge in [-0.1, -0.05) is 18.2 Å². The molecule has 1 fully saturated rings. The first-order valence-electron chi connectivity index (χ1n) is 4.10. The van der Waals surface area contributed by atoms with E-state index in [1.807, 2.05) is 0 Å². The Morgan fingerprint density at radius 2 is 2.36 bits per heavy atom. The summed E-state index contributed by atoms with van der Waals surface area (Å²) in [6.45, 7) is 2.17. The Balaban J connectivity index is 2.25. The van der Waals surface area contributed by atoms with Gasteiger partial charge < -0.3 is 4.74 Å². The second kappa shape index (κ2) is 1.67. The lowest BCUT2D eigenvalue weighted by atomic mass is 10.0. The van der Waals surface area contributed by atoms with Gasteiger partial charge in [0, 0.05) is 6.42 Å². The molecule has 0 aromatic heterocycles. The van der Waals surface area contributed by atoms with E-state index in [2.05, 4.69) is 25.1 Å². The molecule has 1 heteroatoms. The first-order chi connectivity index (χ1) is 5.36. The molecule has 11 heavy (non-hydrogen) atoms. The van der Waals surface area contributed by atoms with Crippen molar-refractivity contribution in [1.29, 1.82) is 0 Å². The van der Waals surface area contributed by atoms with Crippen LogP contribution in [0.25, 0.3) is 0 Å². The average Bonchev–Trinajstić information content (AvgIpc) is 2.62. The second-order valence-corrected chi connectivity index (χ2v) is 3.45. The molecule has 1 aromatic rings. The Hall–Kier alpha value is -0.820.